The summed E-state index contributed by atoms with van der Waals surface area (Å²) in [7, 11) is 3.15. The van der Waals surface area contributed by atoms with Crippen molar-refractivity contribution < 1.29 is 19.4 Å². The minimum atomic E-state index is -0.256. The molecule has 2 N–H and O–H groups in total. The number of rotatable bonds is 6. The van der Waals surface area contributed by atoms with Gasteiger partial charge in [0.05, 0.1) is 19.2 Å². The van der Waals surface area contributed by atoms with Crippen LogP contribution in [0.15, 0.2) is 34.8 Å². The van der Waals surface area contributed by atoms with Gasteiger partial charge in [-0.25, -0.2) is 0 Å². The predicted octanol–water partition coefficient (Wildman–Crippen LogP) is 3.80. The van der Waals surface area contributed by atoms with Crippen molar-refractivity contribution in [3.05, 3.63) is 51.0 Å². The molecule has 0 heterocycles. The number of carbonyl (C=O) groups excluding carboxylic acids is 1. The van der Waals surface area contributed by atoms with Gasteiger partial charge in [0.15, 0.2) is 11.5 Å². The van der Waals surface area contributed by atoms with E-state index in [0.29, 0.717) is 30.0 Å². The van der Waals surface area contributed by atoms with E-state index in [1.807, 2.05) is 12.1 Å². The number of benzene rings is 2. The van der Waals surface area contributed by atoms with Crippen LogP contribution in [0.3, 0.4) is 0 Å². The first-order valence-electron chi connectivity index (χ1n) is 7.13. The minimum absolute atomic E-state index is 0.0533. The molecule has 0 saturated heterocycles. The highest BCUT2D eigenvalue weighted by Gasteiger charge is 2.11. The largest absolute Gasteiger partial charge is 0.506 e. The summed E-state index contributed by atoms with van der Waals surface area (Å²) in [6.45, 7) is 0.436. The van der Waals surface area contributed by atoms with Crippen LogP contribution in [-0.4, -0.2) is 31.8 Å². The number of hydrogen-bond acceptors (Lipinski definition) is 4. The topological polar surface area (TPSA) is 67.8 Å². The number of nitrogens with one attached hydrogen (secondary N) is 1. The third-order valence-corrected chi connectivity index (χ3v) is 4.48. The highest BCUT2D eigenvalue weighted by atomic mass is 79.9. The number of aromatic hydroxyl groups is 1. The van der Waals surface area contributed by atoms with E-state index in [2.05, 4.69) is 21.2 Å². The SMILES string of the molecule is COc1cc(Br)c(CCNC(=O)c2ccc(O)c(Cl)c2)cc1OC. The Morgan fingerprint density at radius 2 is 1.88 bits per heavy atom. The van der Waals surface area contributed by atoms with Gasteiger partial charge in [-0.1, -0.05) is 27.5 Å². The van der Waals surface area contributed by atoms with Crippen molar-refractivity contribution in [2.24, 2.45) is 0 Å². The summed E-state index contributed by atoms with van der Waals surface area (Å²) >= 11 is 9.30. The number of ether oxygens (including phenoxy) is 2. The Balaban J connectivity index is 2.01. The molecule has 0 aliphatic rings. The monoisotopic (exact) mass is 413 g/mol. The van der Waals surface area contributed by atoms with Crippen molar-refractivity contribution in [2.45, 2.75) is 6.42 Å². The molecule has 0 spiro atoms. The Morgan fingerprint density at radius 3 is 2.50 bits per heavy atom. The van der Waals surface area contributed by atoms with Crippen LogP contribution in [0, 0.1) is 0 Å². The van der Waals surface area contributed by atoms with Gasteiger partial charge in [0.25, 0.3) is 5.91 Å². The van der Waals surface area contributed by atoms with Gasteiger partial charge in [-0.05, 0) is 42.3 Å². The zero-order valence-corrected chi connectivity index (χ0v) is 15.6. The maximum Gasteiger partial charge on any atom is 0.251 e. The van der Waals surface area contributed by atoms with Gasteiger partial charge in [-0.3, -0.25) is 4.79 Å². The van der Waals surface area contributed by atoms with E-state index in [1.165, 1.54) is 18.2 Å². The molecule has 2 aromatic carbocycles. The molecule has 0 saturated carbocycles. The first-order chi connectivity index (χ1) is 11.5. The summed E-state index contributed by atoms with van der Waals surface area (Å²) in [6, 6.07) is 8.03. The van der Waals surface area contributed by atoms with Crippen LogP contribution in [0.2, 0.25) is 5.02 Å². The van der Waals surface area contributed by atoms with Gasteiger partial charge < -0.3 is 19.9 Å². The van der Waals surface area contributed by atoms with Crippen molar-refractivity contribution in [3.8, 4) is 17.2 Å². The minimum Gasteiger partial charge on any atom is -0.506 e. The third-order valence-electron chi connectivity index (χ3n) is 3.44. The van der Waals surface area contributed by atoms with E-state index in [0.717, 1.165) is 10.0 Å². The van der Waals surface area contributed by atoms with Gasteiger partial charge in [-0.2, -0.15) is 0 Å². The van der Waals surface area contributed by atoms with Gasteiger partial charge in [0.1, 0.15) is 5.75 Å². The number of halogens is 2. The number of carbonyl (C=O) groups is 1. The van der Waals surface area contributed by atoms with Crippen LogP contribution >= 0.6 is 27.5 Å². The van der Waals surface area contributed by atoms with Crippen molar-refractivity contribution in [1.29, 1.82) is 0 Å². The molecule has 128 valence electrons. The molecule has 0 aromatic heterocycles. The summed E-state index contributed by atoms with van der Waals surface area (Å²) in [5, 5.41) is 12.3. The molecule has 7 heteroatoms. The zero-order valence-electron chi connectivity index (χ0n) is 13.2. The van der Waals surface area contributed by atoms with E-state index in [1.54, 1.807) is 14.2 Å². The fourth-order valence-corrected chi connectivity index (χ4v) is 2.85. The summed E-state index contributed by atoms with van der Waals surface area (Å²) in [5.41, 5.74) is 1.38. The van der Waals surface area contributed by atoms with Crippen LogP contribution in [-0.2, 0) is 6.42 Å². The summed E-state index contributed by atoms with van der Waals surface area (Å²) in [6.07, 6.45) is 0.610. The lowest BCUT2D eigenvalue weighted by atomic mass is 10.1. The molecule has 0 fully saturated rings. The molecule has 2 rings (SSSR count). The number of amides is 1. The summed E-state index contributed by atoms with van der Waals surface area (Å²) in [4.78, 5) is 12.1. The Hall–Kier alpha value is -1.92. The predicted molar refractivity (Wildman–Crippen MR) is 96.4 cm³/mol. The smallest absolute Gasteiger partial charge is 0.251 e. The Kier molecular flexibility index (Phi) is 6.34. The molecule has 0 unspecified atom stereocenters. The second-order valence-corrected chi connectivity index (χ2v) is 6.23. The second kappa shape index (κ2) is 8.26. The number of phenols is 1. The fourth-order valence-electron chi connectivity index (χ4n) is 2.15. The third kappa shape index (κ3) is 4.33. The lowest BCUT2D eigenvalue weighted by Gasteiger charge is -2.12. The van der Waals surface area contributed by atoms with E-state index in [9.17, 15) is 9.90 Å². The number of methoxy groups -OCH3 is 2. The molecule has 0 atom stereocenters. The first kappa shape index (κ1) is 18.4. The van der Waals surface area contributed by atoms with Crippen molar-refractivity contribution in [2.75, 3.05) is 20.8 Å². The average Bonchev–Trinajstić information content (AvgIpc) is 2.58. The molecule has 2 aromatic rings. The quantitative estimate of drug-likeness (QED) is 0.754. The average molecular weight is 415 g/mol. The molecule has 1 amide bonds. The van der Waals surface area contributed by atoms with E-state index in [4.69, 9.17) is 21.1 Å². The first-order valence-corrected chi connectivity index (χ1v) is 8.30. The fraction of sp³-hybridized carbons (Fsp3) is 0.235. The normalized spacial score (nSPS) is 10.3. The van der Waals surface area contributed by atoms with E-state index < -0.39 is 0 Å². The highest BCUT2D eigenvalue weighted by molar-refractivity contribution is 9.10. The Labute approximate surface area is 153 Å². The maximum atomic E-state index is 12.1. The lowest BCUT2D eigenvalue weighted by molar-refractivity contribution is 0.0954. The molecule has 0 radical (unpaired) electrons. The van der Waals surface area contributed by atoms with Crippen molar-refractivity contribution >= 4 is 33.4 Å². The molecular weight excluding hydrogens is 398 g/mol. The van der Waals surface area contributed by atoms with Crippen molar-refractivity contribution in [3.63, 3.8) is 0 Å². The van der Waals surface area contributed by atoms with E-state index in [-0.39, 0.29) is 16.7 Å². The molecular formula is C17H17BrClNO4. The van der Waals surface area contributed by atoms with E-state index >= 15 is 0 Å². The van der Waals surface area contributed by atoms with Crippen molar-refractivity contribution in [1.82, 2.24) is 5.32 Å². The Morgan fingerprint density at radius 1 is 1.21 bits per heavy atom. The second-order valence-electron chi connectivity index (χ2n) is 4.97. The maximum absolute atomic E-state index is 12.1. The highest BCUT2D eigenvalue weighted by Crippen LogP contribution is 2.33. The molecule has 0 aliphatic carbocycles. The summed E-state index contributed by atoms with van der Waals surface area (Å²) in [5.74, 6) is 0.958. The molecule has 0 bridgehead atoms. The number of phenolic OH excluding ortho intramolecular Hbond substituents is 1. The number of hydrogen-bond donors (Lipinski definition) is 2. The lowest BCUT2D eigenvalue weighted by Crippen LogP contribution is -2.25. The van der Waals surface area contributed by atoms with Crippen LogP contribution in [0.1, 0.15) is 15.9 Å². The van der Waals surface area contributed by atoms with Gasteiger partial charge in [-0.15, -0.1) is 0 Å². The Bertz CT molecular complexity index is 752. The standard InChI is InChI=1S/C17H17BrClNO4/c1-23-15-8-10(12(18)9-16(15)24-2)5-6-20-17(22)11-3-4-14(21)13(19)7-11/h3-4,7-9,21H,5-6H2,1-2H3,(H,20,22). The van der Waals surface area contributed by atoms with Crippen LogP contribution in [0.4, 0.5) is 0 Å². The molecule has 5 nitrogen and oxygen atoms in total. The van der Waals surface area contributed by atoms with Crippen LogP contribution in [0.25, 0.3) is 0 Å². The molecule has 0 aliphatic heterocycles. The molecule has 24 heavy (non-hydrogen) atoms. The van der Waals surface area contributed by atoms with Gasteiger partial charge in [0.2, 0.25) is 0 Å². The van der Waals surface area contributed by atoms with Crippen LogP contribution in [0.5, 0.6) is 17.2 Å². The van der Waals surface area contributed by atoms with Gasteiger partial charge in [0, 0.05) is 16.6 Å². The van der Waals surface area contributed by atoms with Crippen LogP contribution < -0.4 is 14.8 Å². The zero-order chi connectivity index (χ0) is 17.7. The van der Waals surface area contributed by atoms with Gasteiger partial charge >= 0.3 is 0 Å². The summed E-state index contributed by atoms with van der Waals surface area (Å²) < 4.78 is 11.4.